The van der Waals surface area contributed by atoms with Crippen LogP contribution in [0.1, 0.15) is 12.5 Å². The highest BCUT2D eigenvalue weighted by atomic mass is 15.0. The Balaban J connectivity index is 2.21. The Morgan fingerprint density at radius 1 is 1.27 bits per heavy atom. The Morgan fingerprint density at radius 2 is 2.13 bits per heavy atom. The van der Waals surface area contributed by atoms with Crippen LogP contribution in [-0.4, -0.2) is 17.7 Å². The molecule has 1 heterocycles. The molecule has 0 spiro atoms. The highest BCUT2D eigenvalue weighted by molar-refractivity contribution is 5.80. The zero-order chi connectivity index (χ0) is 10.7. The molecule has 0 atom stereocenters. The molecule has 80 valence electrons. The summed E-state index contributed by atoms with van der Waals surface area (Å²) in [6.45, 7) is 7.39. The minimum atomic E-state index is 1.04. The van der Waals surface area contributed by atoms with Crippen molar-refractivity contribution in [2.75, 3.05) is 13.1 Å². The zero-order valence-corrected chi connectivity index (χ0v) is 9.46. The highest BCUT2D eigenvalue weighted by Gasteiger charge is 1.99. The maximum Gasteiger partial charge on any atom is 0.0480 e. The normalized spacial score (nSPS) is 11.1. The van der Waals surface area contributed by atoms with Gasteiger partial charge < -0.3 is 9.88 Å². The first-order chi connectivity index (χ1) is 7.31. The highest BCUT2D eigenvalue weighted by Crippen LogP contribution is 2.16. The number of benzene rings is 1. The van der Waals surface area contributed by atoms with E-state index in [2.05, 4.69) is 54.2 Å². The zero-order valence-electron chi connectivity index (χ0n) is 9.46. The summed E-state index contributed by atoms with van der Waals surface area (Å²) in [7, 11) is 0. The van der Waals surface area contributed by atoms with Crippen LogP contribution < -0.4 is 5.32 Å². The number of aromatic nitrogens is 1. The van der Waals surface area contributed by atoms with E-state index in [1.807, 2.05) is 0 Å². The molecule has 2 heteroatoms. The molecule has 2 aromatic rings. The molecule has 1 aromatic carbocycles. The molecule has 15 heavy (non-hydrogen) atoms. The van der Waals surface area contributed by atoms with Crippen LogP contribution in [0, 0.1) is 6.92 Å². The minimum absolute atomic E-state index is 1.04. The van der Waals surface area contributed by atoms with Gasteiger partial charge in [-0.05, 0) is 37.1 Å². The predicted molar refractivity (Wildman–Crippen MR) is 65.2 cm³/mol. The number of nitrogens with one attached hydrogen (secondary N) is 1. The van der Waals surface area contributed by atoms with Gasteiger partial charge in [0.1, 0.15) is 0 Å². The molecule has 0 radical (unpaired) electrons. The summed E-state index contributed by atoms with van der Waals surface area (Å²) in [6.07, 6.45) is 2.17. The standard InChI is InChI=1S/C13H18N2/c1-3-14-7-9-15-8-6-12-10-11(2)4-5-13(12)15/h4-6,8,10,14H,3,7,9H2,1-2H3. The van der Waals surface area contributed by atoms with E-state index in [1.165, 1.54) is 16.5 Å². The van der Waals surface area contributed by atoms with E-state index in [9.17, 15) is 0 Å². The number of rotatable bonds is 4. The molecule has 0 bridgehead atoms. The van der Waals surface area contributed by atoms with Crippen molar-refractivity contribution in [2.45, 2.75) is 20.4 Å². The van der Waals surface area contributed by atoms with Gasteiger partial charge in [-0.3, -0.25) is 0 Å². The van der Waals surface area contributed by atoms with Crippen LogP contribution in [0.4, 0.5) is 0 Å². The van der Waals surface area contributed by atoms with E-state index in [4.69, 9.17) is 0 Å². The monoisotopic (exact) mass is 202 g/mol. The van der Waals surface area contributed by atoms with Crippen molar-refractivity contribution in [3.05, 3.63) is 36.0 Å². The van der Waals surface area contributed by atoms with Crippen LogP contribution in [-0.2, 0) is 6.54 Å². The van der Waals surface area contributed by atoms with Crippen LogP contribution in [0.2, 0.25) is 0 Å². The van der Waals surface area contributed by atoms with Crippen molar-refractivity contribution in [1.29, 1.82) is 0 Å². The molecule has 0 unspecified atom stereocenters. The van der Waals surface area contributed by atoms with Gasteiger partial charge in [0.05, 0.1) is 0 Å². The maximum absolute atomic E-state index is 3.34. The van der Waals surface area contributed by atoms with Crippen LogP contribution in [0.3, 0.4) is 0 Å². The number of hydrogen-bond donors (Lipinski definition) is 1. The van der Waals surface area contributed by atoms with Crippen LogP contribution in [0.15, 0.2) is 30.5 Å². The number of hydrogen-bond acceptors (Lipinski definition) is 1. The van der Waals surface area contributed by atoms with Crippen LogP contribution >= 0.6 is 0 Å². The molecule has 1 aromatic heterocycles. The molecular formula is C13H18N2. The number of fused-ring (bicyclic) bond motifs is 1. The summed E-state index contributed by atoms with van der Waals surface area (Å²) in [5, 5.41) is 4.68. The Morgan fingerprint density at radius 3 is 2.93 bits per heavy atom. The molecule has 0 aliphatic carbocycles. The van der Waals surface area contributed by atoms with Gasteiger partial charge in [0.15, 0.2) is 0 Å². The predicted octanol–water partition coefficient (Wildman–Crippen LogP) is 2.56. The quantitative estimate of drug-likeness (QED) is 0.754. The number of likely N-dealkylation sites (N-methyl/N-ethyl adjacent to an activating group) is 1. The first kappa shape index (κ1) is 10.2. The molecule has 0 aliphatic heterocycles. The van der Waals surface area contributed by atoms with Gasteiger partial charge in [0.25, 0.3) is 0 Å². The summed E-state index contributed by atoms with van der Waals surface area (Å²) in [5.74, 6) is 0. The first-order valence-corrected chi connectivity index (χ1v) is 5.57. The molecule has 0 amide bonds. The van der Waals surface area contributed by atoms with Crippen molar-refractivity contribution >= 4 is 10.9 Å². The van der Waals surface area contributed by atoms with Crippen molar-refractivity contribution in [1.82, 2.24) is 9.88 Å². The smallest absolute Gasteiger partial charge is 0.0480 e. The second kappa shape index (κ2) is 4.49. The molecule has 2 rings (SSSR count). The fraction of sp³-hybridized carbons (Fsp3) is 0.385. The first-order valence-electron chi connectivity index (χ1n) is 5.57. The fourth-order valence-corrected chi connectivity index (χ4v) is 1.89. The van der Waals surface area contributed by atoms with Crippen molar-refractivity contribution in [3.8, 4) is 0 Å². The molecule has 0 saturated carbocycles. The Kier molecular flexibility index (Phi) is 3.07. The van der Waals surface area contributed by atoms with Gasteiger partial charge in [0, 0.05) is 24.8 Å². The Bertz CT molecular complexity index is 443. The lowest BCUT2D eigenvalue weighted by atomic mass is 10.2. The lowest BCUT2D eigenvalue weighted by Gasteiger charge is -2.05. The van der Waals surface area contributed by atoms with Crippen molar-refractivity contribution < 1.29 is 0 Å². The second-order valence-electron chi connectivity index (χ2n) is 3.92. The number of nitrogens with zero attached hydrogens (tertiary/aromatic N) is 1. The lowest BCUT2D eigenvalue weighted by Crippen LogP contribution is -2.18. The average Bonchev–Trinajstić information content (AvgIpc) is 2.61. The van der Waals surface area contributed by atoms with Gasteiger partial charge in [-0.25, -0.2) is 0 Å². The topological polar surface area (TPSA) is 17.0 Å². The van der Waals surface area contributed by atoms with E-state index in [0.717, 1.165) is 19.6 Å². The largest absolute Gasteiger partial charge is 0.346 e. The van der Waals surface area contributed by atoms with Gasteiger partial charge in [-0.15, -0.1) is 0 Å². The average molecular weight is 202 g/mol. The van der Waals surface area contributed by atoms with E-state index in [1.54, 1.807) is 0 Å². The molecule has 2 nitrogen and oxygen atoms in total. The maximum atomic E-state index is 3.34. The van der Waals surface area contributed by atoms with Crippen molar-refractivity contribution in [2.24, 2.45) is 0 Å². The minimum Gasteiger partial charge on any atom is -0.346 e. The fourth-order valence-electron chi connectivity index (χ4n) is 1.89. The van der Waals surface area contributed by atoms with Gasteiger partial charge in [-0.1, -0.05) is 18.6 Å². The molecule has 0 saturated heterocycles. The van der Waals surface area contributed by atoms with E-state index >= 15 is 0 Å². The third kappa shape index (κ3) is 2.21. The Hall–Kier alpha value is -1.28. The SMILES string of the molecule is CCNCCn1ccc2cc(C)ccc21. The van der Waals surface area contributed by atoms with Gasteiger partial charge in [0.2, 0.25) is 0 Å². The molecule has 0 aliphatic rings. The Labute approximate surface area is 90.9 Å². The number of aryl methyl sites for hydroxylation is 1. The van der Waals surface area contributed by atoms with Crippen molar-refractivity contribution in [3.63, 3.8) is 0 Å². The van der Waals surface area contributed by atoms with Crippen LogP contribution in [0.25, 0.3) is 10.9 Å². The molecular weight excluding hydrogens is 184 g/mol. The third-order valence-corrected chi connectivity index (χ3v) is 2.71. The van der Waals surface area contributed by atoms with E-state index in [-0.39, 0.29) is 0 Å². The molecule has 0 fully saturated rings. The van der Waals surface area contributed by atoms with Crippen LogP contribution in [0.5, 0.6) is 0 Å². The summed E-state index contributed by atoms with van der Waals surface area (Å²) < 4.78 is 2.30. The summed E-state index contributed by atoms with van der Waals surface area (Å²) >= 11 is 0. The lowest BCUT2D eigenvalue weighted by molar-refractivity contribution is 0.627. The summed E-state index contributed by atoms with van der Waals surface area (Å²) in [6, 6.07) is 8.80. The van der Waals surface area contributed by atoms with Gasteiger partial charge in [-0.2, -0.15) is 0 Å². The third-order valence-electron chi connectivity index (χ3n) is 2.71. The van der Waals surface area contributed by atoms with E-state index < -0.39 is 0 Å². The van der Waals surface area contributed by atoms with Gasteiger partial charge >= 0.3 is 0 Å². The molecule has 1 N–H and O–H groups in total. The summed E-state index contributed by atoms with van der Waals surface area (Å²) in [4.78, 5) is 0. The van der Waals surface area contributed by atoms with E-state index in [0.29, 0.717) is 0 Å². The second-order valence-corrected chi connectivity index (χ2v) is 3.92. The summed E-state index contributed by atoms with van der Waals surface area (Å²) in [5.41, 5.74) is 2.66.